The summed E-state index contributed by atoms with van der Waals surface area (Å²) in [6, 6.07) is 7.44. The summed E-state index contributed by atoms with van der Waals surface area (Å²) in [5.74, 6) is 1.65. The van der Waals surface area contributed by atoms with Crippen molar-refractivity contribution in [2.45, 2.75) is 20.3 Å². The highest BCUT2D eigenvalue weighted by molar-refractivity contribution is 9.10. The maximum atomic E-state index is 12.4. The summed E-state index contributed by atoms with van der Waals surface area (Å²) in [7, 11) is 0. The van der Waals surface area contributed by atoms with Crippen LogP contribution >= 0.6 is 27.3 Å². The van der Waals surface area contributed by atoms with Crippen LogP contribution < -0.4 is 10.1 Å². The van der Waals surface area contributed by atoms with Crippen LogP contribution in [0.15, 0.2) is 43.9 Å². The number of carbonyl (C=O) groups excluding carboxylic acids is 1. The van der Waals surface area contributed by atoms with Gasteiger partial charge in [0.25, 0.3) is 0 Å². The van der Waals surface area contributed by atoms with Crippen LogP contribution in [-0.4, -0.2) is 17.5 Å². The Labute approximate surface area is 158 Å². The molecule has 1 N–H and O–H groups in total. The molecule has 2 heterocycles. The number of carbonyl (C=O) groups is 1. The molecule has 0 saturated heterocycles. The van der Waals surface area contributed by atoms with Gasteiger partial charge in [0, 0.05) is 15.4 Å². The molecule has 3 aromatic rings. The molecule has 0 saturated carbocycles. The molecule has 0 unspecified atom stereocenters. The number of nitrogens with one attached hydrogen (secondary N) is 1. The zero-order valence-corrected chi connectivity index (χ0v) is 16.2. The normalized spacial score (nSPS) is 10.7. The number of rotatable bonds is 6. The molecule has 3 rings (SSSR count). The van der Waals surface area contributed by atoms with E-state index in [-0.39, 0.29) is 12.3 Å². The molecule has 0 bridgehead atoms. The summed E-state index contributed by atoms with van der Waals surface area (Å²) in [6.07, 6.45) is 0.136. The Morgan fingerprint density at radius 1 is 1.40 bits per heavy atom. The van der Waals surface area contributed by atoms with E-state index in [0.717, 1.165) is 10.0 Å². The molecule has 0 atom stereocenters. The Hall–Kier alpha value is -2.12. The van der Waals surface area contributed by atoms with Crippen molar-refractivity contribution in [3.8, 4) is 17.2 Å². The van der Waals surface area contributed by atoms with Gasteiger partial charge < -0.3 is 14.5 Å². The van der Waals surface area contributed by atoms with Crippen molar-refractivity contribution in [2.75, 3.05) is 11.9 Å². The number of oxazole rings is 1. The van der Waals surface area contributed by atoms with Gasteiger partial charge >= 0.3 is 0 Å². The Kier molecular flexibility index (Phi) is 5.55. The molecular weight excluding hydrogens is 404 g/mol. The monoisotopic (exact) mass is 420 g/mol. The van der Waals surface area contributed by atoms with Crippen molar-refractivity contribution in [3.63, 3.8) is 0 Å². The largest absolute Gasteiger partial charge is 0.492 e. The quantitative estimate of drug-likeness (QED) is 0.605. The van der Waals surface area contributed by atoms with Crippen LogP contribution in [-0.2, 0) is 11.2 Å². The minimum atomic E-state index is -0.174. The topological polar surface area (TPSA) is 64.4 Å². The van der Waals surface area contributed by atoms with E-state index in [4.69, 9.17) is 9.15 Å². The van der Waals surface area contributed by atoms with Crippen LogP contribution in [0.2, 0.25) is 0 Å². The first kappa shape index (κ1) is 17.7. The first-order valence-corrected chi connectivity index (χ1v) is 9.51. The second-order valence-electron chi connectivity index (χ2n) is 5.33. The molecule has 0 radical (unpaired) electrons. The van der Waals surface area contributed by atoms with E-state index < -0.39 is 0 Å². The van der Waals surface area contributed by atoms with Gasteiger partial charge in [0.05, 0.1) is 24.4 Å². The van der Waals surface area contributed by atoms with Gasteiger partial charge in [-0.15, -0.1) is 0 Å². The van der Waals surface area contributed by atoms with Gasteiger partial charge in [0.15, 0.2) is 0 Å². The van der Waals surface area contributed by atoms with E-state index in [1.54, 1.807) is 11.3 Å². The fraction of sp³-hybridized carbons (Fsp3) is 0.222. The van der Waals surface area contributed by atoms with E-state index in [9.17, 15) is 4.79 Å². The molecule has 0 fully saturated rings. The Morgan fingerprint density at radius 2 is 2.24 bits per heavy atom. The van der Waals surface area contributed by atoms with E-state index >= 15 is 0 Å². The molecule has 5 nitrogen and oxygen atoms in total. The van der Waals surface area contributed by atoms with Crippen molar-refractivity contribution < 1.29 is 13.9 Å². The van der Waals surface area contributed by atoms with Crippen LogP contribution in [0.3, 0.4) is 0 Å². The number of ether oxygens (including phenoxy) is 1. The smallest absolute Gasteiger partial charge is 0.230 e. The molecule has 7 heteroatoms. The molecule has 0 aliphatic heterocycles. The summed E-state index contributed by atoms with van der Waals surface area (Å²) in [5, 5.41) is 6.81. The molecule has 0 spiro atoms. The molecule has 1 amide bonds. The Balaban J connectivity index is 1.74. The Bertz CT molecular complexity index is 875. The minimum Gasteiger partial charge on any atom is -0.492 e. The minimum absolute atomic E-state index is 0.136. The third kappa shape index (κ3) is 4.29. The maximum Gasteiger partial charge on any atom is 0.230 e. The van der Waals surface area contributed by atoms with Crippen molar-refractivity contribution in [3.05, 3.63) is 51.0 Å². The van der Waals surface area contributed by atoms with Gasteiger partial charge in [-0.05, 0) is 43.5 Å². The second kappa shape index (κ2) is 7.84. The lowest BCUT2D eigenvalue weighted by atomic mass is 10.2. The fourth-order valence-electron chi connectivity index (χ4n) is 2.33. The predicted molar refractivity (Wildman–Crippen MR) is 102 cm³/mol. The zero-order valence-electron chi connectivity index (χ0n) is 13.8. The summed E-state index contributed by atoms with van der Waals surface area (Å²) in [6.45, 7) is 4.24. The summed E-state index contributed by atoms with van der Waals surface area (Å²) in [5.41, 5.74) is 2.18. The molecule has 130 valence electrons. The number of thiophene rings is 1. The van der Waals surface area contributed by atoms with Crippen LogP contribution in [0.1, 0.15) is 18.4 Å². The number of benzene rings is 1. The highest BCUT2D eigenvalue weighted by atomic mass is 79.9. The number of anilines is 1. The van der Waals surface area contributed by atoms with Crippen molar-refractivity contribution in [1.82, 2.24) is 4.98 Å². The summed E-state index contributed by atoms with van der Waals surface area (Å²) in [4.78, 5) is 16.9. The SMILES string of the molecule is CCOc1ccc(Br)cc1NC(=O)Cc1nc(-c2ccsc2)oc1C. The van der Waals surface area contributed by atoms with Crippen LogP contribution in [0, 0.1) is 6.92 Å². The first-order valence-electron chi connectivity index (χ1n) is 7.78. The highest BCUT2D eigenvalue weighted by Gasteiger charge is 2.16. The van der Waals surface area contributed by atoms with E-state index in [0.29, 0.717) is 35.4 Å². The third-order valence-electron chi connectivity index (χ3n) is 3.50. The lowest BCUT2D eigenvalue weighted by Gasteiger charge is -2.11. The lowest BCUT2D eigenvalue weighted by Crippen LogP contribution is -2.16. The number of nitrogens with zero attached hydrogens (tertiary/aromatic N) is 1. The summed E-state index contributed by atoms with van der Waals surface area (Å²) < 4.78 is 12.1. The molecule has 0 aliphatic rings. The average Bonchev–Trinajstić information content (AvgIpc) is 3.21. The van der Waals surface area contributed by atoms with E-state index in [2.05, 4.69) is 26.2 Å². The highest BCUT2D eigenvalue weighted by Crippen LogP contribution is 2.29. The standard InChI is InChI=1S/C18H17BrN2O3S/c1-3-23-16-5-4-13(19)8-15(16)20-17(22)9-14-11(2)24-18(21-14)12-6-7-25-10-12/h4-8,10H,3,9H2,1-2H3,(H,20,22). The van der Waals surface area contributed by atoms with Gasteiger partial charge in [-0.25, -0.2) is 4.98 Å². The Morgan fingerprint density at radius 3 is 2.96 bits per heavy atom. The predicted octanol–water partition coefficient (Wildman–Crippen LogP) is 5.05. The number of aryl methyl sites for hydroxylation is 1. The number of hydrogen-bond acceptors (Lipinski definition) is 5. The van der Waals surface area contributed by atoms with Gasteiger partial charge in [0.1, 0.15) is 11.5 Å². The molecule has 2 aromatic heterocycles. The average molecular weight is 421 g/mol. The maximum absolute atomic E-state index is 12.4. The third-order valence-corrected chi connectivity index (χ3v) is 4.68. The van der Waals surface area contributed by atoms with Crippen molar-refractivity contribution in [1.29, 1.82) is 0 Å². The number of amides is 1. The first-order chi connectivity index (χ1) is 12.1. The van der Waals surface area contributed by atoms with E-state index in [1.165, 1.54) is 0 Å². The van der Waals surface area contributed by atoms with Crippen molar-refractivity contribution in [2.24, 2.45) is 0 Å². The molecular formula is C18H17BrN2O3S. The van der Waals surface area contributed by atoms with Gasteiger partial charge in [-0.1, -0.05) is 15.9 Å². The lowest BCUT2D eigenvalue weighted by molar-refractivity contribution is -0.115. The van der Waals surface area contributed by atoms with Crippen LogP contribution in [0.5, 0.6) is 5.75 Å². The molecule has 1 aromatic carbocycles. The molecule has 0 aliphatic carbocycles. The number of hydrogen-bond donors (Lipinski definition) is 1. The summed E-state index contributed by atoms with van der Waals surface area (Å²) >= 11 is 4.98. The van der Waals surface area contributed by atoms with E-state index in [1.807, 2.05) is 48.9 Å². The van der Waals surface area contributed by atoms with Crippen LogP contribution in [0.25, 0.3) is 11.5 Å². The number of halogens is 1. The molecule has 25 heavy (non-hydrogen) atoms. The van der Waals surface area contributed by atoms with Gasteiger partial charge in [0.2, 0.25) is 11.8 Å². The van der Waals surface area contributed by atoms with Gasteiger partial charge in [-0.3, -0.25) is 4.79 Å². The second-order valence-corrected chi connectivity index (χ2v) is 7.03. The number of aromatic nitrogens is 1. The van der Waals surface area contributed by atoms with Gasteiger partial charge in [-0.2, -0.15) is 11.3 Å². The van der Waals surface area contributed by atoms with Crippen LogP contribution in [0.4, 0.5) is 5.69 Å². The zero-order chi connectivity index (χ0) is 17.8. The fourth-order valence-corrected chi connectivity index (χ4v) is 3.32. The van der Waals surface area contributed by atoms with Crippen molar-refractivity contribution >= 4 is 38.9 Å².